The number of urea groups is 1. The predicted octanol–water partition coefficient (Wildman–Crippen LogP) is 1.54. The molecule has 0 bridgehead atoms. The average Bonchev–Trinajstić information content (AvgIpc) is 3.28. The third-order valence-electron chi connectivity index (χ3n) is 4.63. The Morgan fingerprint density at radius 1 is 1.28 bits per heavy atom. The van der Waals surface area contributed by atoms with E-state index < -0.39 is 6.17 Å². The molecule has 1 unspecified atom stereocenters. The lowest BCUT2D eigenvalue weighted by atomic mass is 10.2. The molecule has 2 aromatic heterocycles. The highest BCUT2D eigenvalue weighted by atomic mass is 16.2. The van der Waals surface area contributed by atoms with Crippen LogP contribution in [0.3, 0.4) is 0 Å². The molecule has 0 aliphatic carbocycles. The molecule has 0 aromatic carbocycles. The number of anilines is 2. The summed E-state index contributed by atoms with van der Waals surface area (Å²) in [6, 6.07) is 3.51. The molecule has 2 aliphatic heterocycles. The molecule has 8 nitrogen and oxygen atoms in total. The number of pyridine rings is 1. The summed E-state index contributed by atoms with van der Waals surface area (Å²) in [6.45, 7) is 1.43. The molecule has 25 heavy (non-hydrogen) atoms. The van der Waals surface area contributed by atoms with Crippen LogP contribution in [-0.2, 0) is 4.79 Å². The average molecular weight is 338 g/mol. The zero-order valence-corrected chi connectivity index (χ0v) is 13.9. The fraction of sp³-hybridized carbons (Fsp3) is 0.353. The van der Waals surface area contributed by atoms with Crippen LogP contribution >= 0.6 is 0 Å². The van der Waals surface area contributed by atoms with Gasteiger partial charge in [0.05, 0.1) is 6.20 Å². The van der Waals surface area contributed by atoms with Crippen LogP contribution in [0.4, 0.5) is 16.3 Å². The SMILES string of the molecule is CN1c2nc(-c3cccnc3)ncc2N(C(=O)N2CCCC2)C1C=O. The van der Waals surface area contributed by atoms with E-state index in [-0.39, 0.29) is 6.03 Å². The van der Waals surface area contributed by atoms with Crippen LogP contribution in [0.2, 0.25) is 0 Å². The largest absolute Gasteiger partial charge is 0.331 e. The minimum atomic E-state index is -0.707. The van der Waals surface area contributed by atoms with Gasteiger partial charge in [0.2, 0.25) is 0 Å². The van der Waals surface area contributed by atoms with Crippen molar-refractivity contribution in [2.24, 2.45) is 0 Å². The Hall–Kier alpha value is -3.03. The zero-order chi connectivity index (χ0) is 17.4. The highest BCUT2D eigenvalue weighted by Gasteiger charge is 2.41. The fourth-order valence-corrected chi connectivity index (χ4v) is 3.30. The number of nitrogens with zero attached hydrogens (tertiary/aromatic N) is 6. The first kappa shape index (κ1) is 15.5. The van der Waals surface area contributed by atoms with Crippen molar-refractivity contribution < 1.29 is 9.59 Å². The van der Waals surface area contributed by atoms with E-state index in [2.05, 4.69) is 15.0 Å². The van der Waals surface area contributed by atoms with Crippen LogP contribution in [-0.4, -0.2) is 58.5 Å². The van der Waals surface area contributed by atoms with Crippen molar-refractivity contribution in [3.63, 3.8) is 0 Å². The number of hydrogen-bond donors (Lipinski definition) is 0. The van der Waals surface area contributed by atoms with Crippen LogP contribution in [0.25, 0.3) is 11.4 Å². The Kier molecular flexibility index (Phi) is 3.79. The first-order valence-corrected chi connectivity index (χ1v) is 8.24. The quantitative estimate of drug-likeness (QED) is 0.773. The van der Waals surface area contributed by atoms with Crippen molar-refractivity contribution in [2.75, 3.05) is 29.9 Å². The number of carbonyl (C=O) groups excluding carboxylic acids is 2. The lowest BCUT2D eigenvalue weighted by Crippen LogP contribution is -2.50. The molecule has 0 saturated carbocycles. The van der Waals surface area contributed by atoms with Crippen LogP contribution in [0.5, 0.6) is 0 Å². The lowest BCUT2D eigenvalue weighted by molar-refractivity contribution is -0.108. The van der Waals surface area contributed by atoms with E-state index in [4.69, 9.17) is 0 Å². The minimum Gasteiger partial charge on any atom is -0.331 e. The lowest BCUT2D eigenvalue weighted by Gasteiger charge is -2.28. The maximum atomic E-state index is 12.9. The standard InChI is InChI=1S/C17H18N6O2/c1-21-14(11-24)23(17(25)22-7-2-3-8-22)13-10-19-15(20-16(13)21)12-5-4-6-18-9-12/h4-6,9-11,14H,2-3,7-8H2,1H3. The number of likely N-dealkylation sites (tertiary alicyclic amines) is 1. The van der Waals surface area contributed by atoms with Crippen molar-refractivity contribution in [1.82, 2.24) is 19.9 Å². The number of carbonyl (C=O) groups is 2. The number of rotatable bonds is 2. The monoisotopic (exact) mass is 338 g/mol. The van der Waals surface area contributed by atoms with E-state index in [1.54, 1.807) is 35.4 Å². The van der Waals surface area contributed by atoms with Gasteiger partial charge in [0, 0.05) is 38.1 Å². The Morgan fingerprint density at radius 2 is 2.08 bits per heavy atom. The first-order chi connectivity index (χ1) is 12.2. The molecule has 2 aliphatic rings. The highest BCUT2D eigenvalue weighted by Crippen LogP contribution is 2.38. The number of aromatic nitrogens is 3. The Labute approximate surface area is 145 Å². The van der Waals surface area contributed by atoms with E-state index in [9.17, 15) is 9.59 Å². The molecule has 2 aromatic rings. The van der Waals surface area contributed by atoms with E-state index in [1.165, 1.54) is 4.90 Å². The van der Waals surface area contributed by atoms with Gasteiger partial charge in [0.15, 0.2) is 24.1 Å². The normalized spacial score (nSPS) is 19.2. The second-order valence-corrected chi connectivity index (χ2v) is 6.15. The maximum Gasteiger partial charge on any atom is 0.326 e. The third kappa shape index (κ3) is 2.50. The van der Waals surface area contributed by atoms with Crippen LogP contribution < -0.4 is 9.80 Å². The van der Waals surface area contributed by atoms with Crippen molar-refractivity contribution in [1.29, 1.82) is 0 Å². The summed E-state index contributed by atoms with van der Waals surface area (Å²) in [7, 11) is 1.76. The smallest absolute Gasteiger partial charge is 0.326 e. The second-order valence-electron chi connectivity index (χ2n) is 6.15. The van der Waals surface area contributed by atoms with E-state index >= 15 is 0 Å². The number of fused-ring (bicyclic) bond motifs is 1. The molecule has 1 saturated heterocycles. The van der Waals surface area contributed by atoms with E-state index in [0.29, 0.717) is 30.4 Å². The summed E-state index contributed by atoms with van der Waals surface area (Å²) in [4.78, 5) is 42.5. The Balaban J connectivity index is 1.74. The predicted molar refractivity (Wildman–Crippen MR) is 92.2 cm³/mol. The summed E-state index contributed by atoms with van der Waals surface area (Å²) >= 11 is 0. The van der Waals surface area contributed by atoms with E-state index in [1.807, 2.05) is 12.1 Å². The van der Waals surface area contributed by atoms with Gasteiger partial charge in [0.25, 0.3) is 0 Å². The topological polar surface area (TPSA) is 82.5 Å². The molecular formula is C17H18N6O2. The minimum absolute atomic E-state index is 0.169. The second kappa shape index (κ2) is 6.12. The third-order valence-corrected chi connectivity index (χ3v) is 4.63. The summed E-state index contributed by atoms with van der Waals surface area (Å²) in [5.74, 6) is 1.08. The van der Waals surface area contributed by atoms with Gasteiger partial charge in [0.1, 0.15) is 5.69 Å². The molecule has 1 atom stereocenters. The van der Waals surface area contributed by atoms with Gasteiger partial charge in [-0.2, -0.15) is 0 Å². The summed E-state index contributed by atoms with van der Waals surface area (Å²) in [5.41, 5.74) is 1.34. The van der Waals surface area contributed by atoms with Crippen LogP contribution in [0, 0.1) is 0 Å². The molecule has 0 radical (unpaired) electrons. The van der Waals surface area contributed by atoms with Gasteiger partial charge in [-0.15, -0.1) is 0 Å². The van der Waals surface area contributed by atoms with Gasteiger partial charge >= 0.3 is 6.03 Å². The zero-order valence-electron chi connectivity index (χ0n) is 13.9. The molecule has 1 fully saturated rings. The van der Waals surface area contributed by atoms with Crippen molar-refractivity contribution in [2.45, 2.75) is 19.0 Å². The van der Waals surface area contributed by atoms with Crippen molar-refractivity contribution in [3.8, 4) is 11.4 Å². The van der Waals surface area contributed by atoms with Crippen molar-refractivity contribution in [3.05, 3.63) is 30.7 Å². The number of amides is 2. The maximum absolute atomic E-state index is 12.9. The molecule has 0 spiro atoms. The van der Waals surface area contributed by atoms with Gasteiger partial charge in [-0.25, -0.2) is 14.8 Å². The molecule has 0 N–H and O–H groups in total. The molecule has 128 valence electrons. The van der Waals surface area contributed by atoms with E-state index in [0.717, 1.165) is 24.7 Å². The highest BCUT2D eigenvalue weighted by molar-refractivity contribution is 6.03. The van der Waals surface area contributed by atoms with Gasteiger partial charge < -0.3 is 9.80 Å². The molecule has 8 heteroatoms. The molecule has 4 heterocycles. The summed E-state index contributed by atoms with van der Waals surface area (Å²) < 4.78 is 0. The Morgan fingerprint density at radius 3 is 2.76 bits per heavy atom. The van der Waals surface area contributed by atoms with Crippen LogP contribution in [0.15, 0.2) is 30.7 Å². The van der Waals surface area contributed by atoms with Crippen molar-refractivity contribution >= 4 is 23.8 Å². The Bertz CT molecular complexity index is 806. The first-order valence-electron chi connectivity index (χ1n) is 8.24. The van der Waals surface area contributed by atoms with Gasteiger partial charge in [-0.05, 0) is 25.0 Å². The van der Waals surface area contributed by atoms with Gasteiger partial charge in [-0.3, -0.25) is 14.7 Å². The number of likely N-dealkylation sites (N-methyl/N-ethyl adjacent to an activating group) is 1. The number of aldehydes is 1. The summed E-state index contributed by atoms with van der Waals surface area (Å²) in [6.07, 6.45) is 7.01. The molecule has 2 amide bonds. The summed E-state index contributed by atoms with van der Waals surface area (Å²) in [5, 5.41) is 0. The van der Waals surface area contributed by atoms with Gasteiger partial charge in [-0.1, -0.05) is 0 Å². The molecule has 4 rings (SSSR count). The number of hydrogen-bond acceptors (Lipinski definition) is 6. The fourth-order valence-electron chi connectivity index (χ4n) is 3.30. The van der Waals surface area contributed by atoms with Crippen LogP contribution in [0.1, 0.15) is 12.8 Å². The molecular weight excluding hydrogens is 320 g/mol.